The molecule has 6 nitrogen and oxygen atoms in total. The molecule has 3 rings (SSSR count). The van der Waals surface area contributed by atoms with Gasteiger partial charge in [-0.2, -0.15) is 0 Å². The first-order valence-corrected chi connectivity index (χ1v) is 10.0. The molecule has 7 heteroatoms. The maximum absolute atomic E-state index is 11.1. The fourth-order valence-electron chi connectivity index (χ4n) is 2.83. The second kappa shape index (κ2) is 9.43. The van der Waals surface area contributed by atoms with Crippen molar-refractivity contribution in [2.45, 2.75) is 25.2 Å². The Kier molecular flexibility index (Phi) is 6.72. The van der Waals surface area contributed by atoms with E-state index in [2.05, 4.69) is 20.8 Å². The highest BCUT2D eigenvalue weighted by molar-refractivity contribution is 8.00. The number of aryl methyl sites for hydroxylation is 1. The molecule has 0 aliphatic carbocycles. The molecule has 0 saturated carbocycles. The average molecular weight is 410 g/mol. The maximum atomic E-state index is 11.1. The van der Waals surface area contributed by atoms with Gasteiger partial charge in [0.15, 0.2) is 5.82 Å². The van der Waals surface area contributed by atoms with E-state index in [4.69, 9.17) is 9.84 Å². The molecule has 1 aromatic heterocycles. The first-order chi connectivity index (χ1) is 14.0. The van der Waals surface area contributed by atoms with Gasteiger partial charge in [0.2, 0.25) is 0 Å². The minimum Gasteiger partial charge on any atom is -0.481 e. The van der Waals surface area contributed by atoms with E-state index in [-0.39, 0.29) is 0 Å². The lowest BCUT2D eigenvalue weighted by Gasteiger charge is -2.13. The largest absolute Gasteiger partial charge is 0.481 e. The van der Waals surface area contributed by atoms with Crippen molar-refractivity contribution in [3.05, 3.63) is 66.0 Å². The van der Waals surface area contributed by atoms with Crippen LogP contribution in [0.3, 0.4) is 0 Å². The monoisotopic (exact) mass is 409 g/mol. The molecule has 0 saturated heterocycles. The van der Waals surface area contributed by atoms with Gasteiger partial charge in [-0.1, -0.05) is 49.4 Å². The van der Waals surface area contributed by atoms with Crippen molar-refractivity contribution in [2.24, 2.45) is 5.92 Å². The molecule has 2 N–H and O–H groups in total. The molecule has 0 radical (unpaired) electrons. The van der Waals surface area contributed by atoms with Crippen LogP contribution in [0.25, 0.3) is 11.1 Å². The second-order valence-corrected chi connectivity index (χ2v) is 7.56. The van der Waals surface area contributed by atoms with Gasteiger partial charge in [0.05, 0.1) is 24.9 Å². The number of methoxy groups -OCH3 is 1. The van der Waals surface area contributed by atoms with Gasteiger partial charge in [-0.15, -0.1) is 0 Å². The second-order valence-electron chi connectivity index (χ2n) is 6.71. The Morgan fingerprint density at radius 1 is 1.21 bits per heavy atom. The first-order valence-electron chi connectivity index (χ1n) is 9.19. The van der Waals surface area contributed by atoms with Crippen molar-refractivity contribution in [2.75, 3.05) is 11.8 Å². The molecule has 1 heterocycles. The van der Waals surface area contributed by atoms with Crippen molar-refractivity contribution in [3.8, 4) is 17.0 Å². The SMILES string of the molecule is COc1nc(C)cnc1NSc1ccccc1-c1ccc(CC(C)C(=O)O)cc1. The molecule has 2 aromatic carbocycles. The van der Waals surface area contributed by atoms with Crippen molar-refractivity contribution in [3.63, 3.8) is 0 Å². The lowest BCUT2D eigenvalue weighted by molar-refractivity contribution is -0.141. The topological polar surface area (TPSA) is 84.3 Å². The van der Waals surface area contributed by atoms with E-state index in [0.29, 0.717) is 18.1 Å². The molecule has 0 aliphatic rings. The van der Waals surface area contributed by atoms with Crippen LogP contribution in [0.4, 0.5) is 5.82 Å². The lowest BCUT2D eigenvalue weighted by Crippen LogP contribution is -2.12. The van der Waals surface area contributed by atoms with Crippen molar-refractivity contribution >= 4 is 23.7 Å². The molecule has 0 spiro atoms. The predicted molar refractivity (Wildman–Crippen MR) is 115 cm³/mol. The van der Waals surface area contributed by atoms with Gasteiger partial charge >= 0.3 is 5.97 Å². The number of carboxylic acid groups (broad SMARTS) is 1. The van der Waals surface area contributed by atoms with E-state index in [1.807, 2.05) is 49.4 Å². The summed E-state index contributed by atoms with van der Waals surface area (Å²) < 4.78 is 8.52. The first kappa shape index (κ1) is 20.7. The Morgan fingerprint density at radius 2 is 1.93 bits per heavy atom. The summed E-state index contributed by atoms with van der Waals surface area (Å²) in [6.07, 6.45) is 2.20. The molecule has 3 aromatic rings. The van der Waals surface area contributed by atoms with Gasteiger partial charge in [0.1, 0.15) is 0 Å². The highest BCUT2D eigenvalue weighted by atomic mass is 32.2. The van der Waals surface area contributed by atoms with Gasteiger partial charge in [-0.3, -0.25) is 4.79 Å². The third-order valence-electron chi connectivity index (χ3n) is 4.43. The Balaban J connectivity index is 1.78. The fourth-order valence-corrected chi connectivity index (χ4v) is 3.62. The number of hydrogen-bond donors (Lipinski definition) is 2. The minimum atomic E-state index is -0.781. The zero-order valence-corrected chi connectivity index (χ0v) is 17.4. The molecule has 0 amide bonds. The van der Waals surface area contributed by atoms with Crippen molar-refractivity contribution in [1.82, 2.24) is 9.97 Å². The summed E-state index contributed by atoms with van der Waals surface area (Å²) in [7, 11) is 1.57. The quantitative estimate of drug-likeness (QED) is 0.515. The summed E-state index contributed by atoms with van der Waals surface area (Å²) in [5, 5.41) is 9.09. The number of ether oxygens (including phenoxy) is 1. The van der Waals surface area contributed by atoms with E-state index < -0.39 is 11.9 Å². The number of carbonyl (C=O) groups is 1. The Hall–Kier alpha value is -3.06. The van der Waals surface area contributed by atoms with Crippen LogP contribution < -0.4 is 9.46 Å². The van der Waals surface area contributed by atoms with Gasteiger partial charge in [0, 0.05) is 4.90 Å². The number of carboxylic acids is 1. The molecular formula is C22H23N3O3S. The highest BCUT2D eigenvalue weighted by Gasteiger charge is 2.13. The molecule has 1 unspecified atom stereocenters. The summed E-state index contributed by atoms with van der Waals surface area (Å²) in [5.74, 6) is -0.169. The smallest absolute Gasteiger partial charge is 0.306 e. The standard InChI is InChI=1S/C22H23N3O3S/c1-14(22(26)27)12-16-8-10-17(11-9-16)18-6-4-5-7-19(18)29-25-20-21(28-3)24-15(2)13-23-20/h4-11,13-14H,12H2,1-3H3,(H,23,25)(H,26,27). The molecule has 150 valence electrons. The van der Waals surface area contributed by atoms with Crippen LogP contribution in [-0.4, -0.2) is 28.2 Å². The summed E-state index contributed by atoms with van der Waals surface area (Å²) in [6.45, 7) is 3.58. The van der Waals surface area contributed by atoms with E-state index in [1.165, 1.54) is 11.9 Å². The van der Waals surface area contributed by atoms with Crippen LogP contribution in [-0.2, 0) is 11.2 Å². The maximum Gasteiger partial charge on any atom is 0.306 e. The van der Waals surface area contributed by atoms with Crippen molar-refractivity contribution in [1.29, 1.82) is 0 Å². The number of rotatable bonds is 8. The number of nitrogens with zero attached hydrogens (tertiary/aromatic N) is 2. The van der Waals surface area contributed by atoms with E-state index >= 15 is 0 Å². The zero-order valence-electron chi connectivity index (χ0n) is 16.5. The van der Waals surface area contributed by atoms with Crippen molar-refractivity contribution < 1.29 is 14.6 Å². The van der Waals surface area contributed by atoms with Gasteiger partial charge < -0.3 is 14.6 Å². The van der Waals surface area contributed by atoms with E-state index in [0.717, 1.165) is 27.3 Å². The summed E-state index contributed by atoms with van der Waals surface area (Å²) in [6, 6.07) is 16.1. The summed E-state index contributed by atoms with van der Waals surface area (Å²) in [5.41, 5.74) is 3.92. The fraction of sp³-hybridized carbons (Fsp3) is 0.227. The predicted octanol–water partition coefficient (Wildman–Crippen LogP) is 4.84. The number of anilines is 1. The average Bonchev–Trinajstić information content (AvgIpc) is 2.73. The molecule has 0 bridgehead atoms. The van der Waals surface area contributed by atoms with Crippen LogP contribution in [0.15, 0.2) is 59.6 Å². The van der Waals surface area contributed by atoms with Crippen LogP contribution in [0.2, 0.25) is 0 Å². The Labute approximate surface area is 174 Å². The Morgan fingerprint density at radius 3 is 2.62 bits per heavy atom. The van der Waals surface area contributed by atoms with Gasteiger partial charge in [-0.25, -0.2) is 9.97 Å². The summed E-state index contributed by atoms with van der Waals surface area (Å²) in [4.78, 5) is 20.8. The van der Waals surface area contributed by atoms with Crippen LogP contribution in [0.5, 0.6) is 5.88 Å². The third kappa shape index (κ3) is 5.26. The molecule has 0 aliphatic heterocycles. The van der Waals surface area contributed by atoms with Crippen LogP contribution in [0, 0.1) is 12.8 Å². The van der Waals surface area contributed by atoms with Gasteiger partial charge in [0.25, 0.3) is 5.88 Å². The lowest BCUT2D eigenvalue weighted by atomic mass is 9.98. The highest BCUT2D eigenvalue weighted by Crippen LogP contribution is 2.33. The number of benzene rings is 2. The third-order valence-corrected chi connectivity index (χ3v) is 5.30. The minimum absolute atomic E-state index is 0.404. The van der Waals surface area contributed by atoms with E-state index in [1.54, 1.807) is 20.2 Å². The van der Waals surface area contributed by atoms with E-state index in [9.17, 15) is 4.79 Å². The summed E-state index contributed by atoms with van der Waals surface area (Å²) >= 11 is 1.44. The van der Waals surface area contributed by atoms with Crippen LogP contribution in [0.1, 0.15) is 18.2 Å². The number of nitrogens with one attached hydrogen (secondary N) is 1. The number of aromatic nitrogens is 2. The number of hydrogen-bond acceptors (Lipinski definition) is 6. The molecule has 0 fully saturated rings. The number of aliphatic carboxylic acids is 1. The molecule has 29 heavy (non-hydrogen) atoms. The normalized spacial score (nSPS) is 11.7. The molecular weight excluding hydrogens is 386 g/mol. The molecule has 1 atom stereocenters. The van der Waals surface area contributed by atoms with Gasteiger partial charge in [-0.05, 0) is 48.0 Å². The Bertz CT molecular complexity index is 993. The zero-order chi connectivity index (χ0) is 20.8. The van der Waals surface area contributed by atoms with Crippen LogP contribution >= 0.6 is 11.9 Å².